The zero-order valence-electron chi connectivity index (χ0n) is 5.18. The number of nitrogens with zero attached hydrogens (tertiary/aromatic N) is 2. The third-order valence-electron chi connectivity index (χ3n) is 0.646. The van der Waals surface area contributed by atoms with Crippen molar-refractivity contribution in [2.75, 3.05) is 21.1 Å². The lowest BCUT2D eigenvalue weighted by atomic mass is 10.8. The molecule has 0 aromatic carbocycles. The first kappa shape index (κ1) is 7.20. The van der Waals surface area contributed by atoms with E-state index >= 15 is 0 Å². The van der Waals surface area contributed by atoms with Gasteiger partial charge in [0.25, 0.3) is 0 Å². The largest absolute Gasteiger partial charge is 0.347 e. The Morgan fingerprint density at radius 2 is 1.75 bits per heavy atom. The third-order valence-corrected chi connectivity index (χ3v) is 0.646. The first-order valence-electron chi connectivity index (χ1n) is 2.16. The third kappa shape index (κ3) is 1.77. The zero-order chi connectivity index (χ0) is 6.73. The highest BCUT2D eigenvalue weighted by atomic mass is 19.2. The quantitative estimate of drug-likeness (QED) is 0.426. The molecular formula is C4H9FN2O. The second-order valence-corrected chi connectivity index (χ2v) is 1.65. The maximum absolute atomic E-state index is 11.8. The van der Waals surface area contributed by atoms with E-state index in [9.17, 15) is 9.28 Å². The summed E-state index contributed by atoms with van der Waals surface area (Å²) in [5, 5.41) is 0.0278. The van der Waals surface area contributed by atoms with Crippen LogP contribution in [0.15, 0.2) is 0 Å². The number of hydrogen-bond acceptors (Lipinski definition) is 1. The number of amides is 2. The van der Waals surface area contributed by atoms with Crippen LogP contribution in [0.25, 0.3) is 0 Å². The van der Waals surface area contributed by atoms with Gasteiger partial charge >= 0.3 is 6.03 Å². The molecule has 0 aromatic rings. The molecule has 0 atom stereocenters. The minimum absolute atomic E-state index is 0.0278. The van der Waals surface area contributed by atoms with Crippen molar-refractivity contribution >= 4 is 6.03 Å². The molecule has 0 bridgehead atoms. The number of carbonyl (C=O) groups excluding carboxylic acids is 1. The van der Waals surface area contributed by atoms with Gasteiger partial charge in [0, 0.05) is 21.1 Å². The van der Waals surface area contributed by atoms with Crippen LogP contribution in [0.4, 0.5) is 9.28 Å². The number of carbonyl (C=O) groups is 1. The van der Waals surface area contributed by atoms with Gasteiger partial charge in [-0.05, 0) is 0 Å². The fourth-order valence-corrected chi connectivity index (χ4v) is 0.276. The number of urea groups is 1. The average molecular weight is 120 g/mol. The lowest BCUT2D eigenvalue weighted by Crippen LogP contribution is -2.30. The molecule has 0 heterocycles. The first-order valence-corrected chi connectivity index (χ1v) is 2.16. The van der Waals surface area contributed by atoms with Crippen molar-refractivity contribution < 1.29 is 9.28 Å². The van der Waals surface area contributed by atoms with Crippen LogP contribution in [-0.4, -0.2) is 37.2 Å². The highest BCUT2D eigenvalue weighted by Gasteiger charge is 2.06. The summed E-state index contributed by atoms with van der Waals surface area (Å²) in [4.78, 5) is 11.5. The highest BCUT2D eigenvalue weighted by Crippen LogP contribution is 1.88. The second-order valence-electron chi connectivity index (χ2n) is 1.65. The molecule has 0 radical (unpaired) electrons. The Hall–Kier alpha value is -0.800. The Balaban J connectivity index is 3.65. The SMILES string of the molecule is CN(C)C(=O)N(C)F. The van der Waals surface area contributed by atoms with Crippen molar-refractivity contribution in [2.24, 2.45) is 0 Å². The molecule has 0 rings (SSSR count). The molecular weight excluding hydrogens is 111 g/mol. The van der Waals surface area contributed by atoms with Gasteiger partial charge in [-0.15, -0.1) is 0 Å². The minimum Gasteiger partial charge on any atom is -0.329 e. The average Bonchev–Trinajstić information content (AvgIpc) is 1.64. The maximum atomic E-state index is 11.8. The molecule has 0 aliphatic carbocycles. The van der Waals surface area contributed by atoms with E-state index in [1.54, 1.807) is 0 Å². The van der Waals surface area contributed by atoms with Gasteiger partial charge in [0.05, 0.1) is 0 Å². The molecule has 0 aliphatic heterocycles. The summed E-state index contributed by atoms with van der Waals surface area (Å²) in [6.45, 7) is 0. The first-order chi connectivity index (χ1) is 3.55. The minimum atomic E-state index is -0.648. The smallest absolute Gasteiger partial charge is 0.329 e. The molecule has 3 nitrogen and oxygen atoms in total. The Morgan fingerprint density at radius 1 is 1.38 bits per heavy atom. The molecule has 0 fully saturated rings. The standard InChI is InChI=1S/C4H9FN2O/c1-6(2)4(8)7(3)5/h1-3H3. The normalized spacial score (nSPS) is 8.50. The lowest BCUT2D eigenvalue weighted by molar-refractivity contribution is 0.0749. The van der Waals surface area contributed by atoms with Crippen molar-refractivity contribution in [3.63, 3.8) is 0 Å². The zero-order valence-corrected chi connectivity index (χ0v) is 5.18. The van der Waals surface area contributed by atoms with Crippen LogP contribution in [0, 0.1) is 0 Å². The van der Waals surface area contributed by atoms with Gasteiger partial charge in [-0.25, -0.2) is 4.79 Å². The molecule has 0 unspecified atom stereocenters. The lowest BCUT2D eigenvalue weighted by Gasteiger charge is -2.11. The van der Waals surface area contributed by atoms with Crippen LogP contribution < -0.4 is 0 Å². The van der Waals surface area contributed by atoms with E-state index in [0.29, 0.717) is 0 Å². The highest BCUT2D eigenvalue weighted by molar-refractivity contribution is 5.72. The van der Waals surface area contributed by atoms with E-state index in [-0.39, 0.29) is 5.12 Å². The van der Waals surface area contributed by atoms with Gasteiger partial charge in [0.2, 0.25) is 0 Å². The Kier molecular flexibility index (Phi) is 2.24. The monoisotopic (exact) mass is 120 g/mol. The van der Waals surface area contributed by atoms with Gasteiger partial charge in [0.15, 0.2) is 0 Å². The molecule has 0 spiro atoms. The molecule has 0 aromatic heterocycles. The van der Waals surface area contributed by atoms with E-state index < -0.39 is 6.03 Å². The van der Waals surface area contributed by atoms with Crippen molar-refractivity contribution in [1.29, 1.82) is 0 Å². The molecule has 0 aliphatic rings. The van der Waals surface area contributed by atoms with E-state index in [2.05, 4.69) is 0 Å². The Bertz CT molecular complexity index is 82.0. The van der Waals surface area contributed by atoms with Crippen LogP contribution in [0.5, 0.6) is 0 Å². The molecule has 8 heavy (non-hydrogen) atoms. The molecule has 4 heteroatoms. The predicted molar refractivity (Wildman–Crippen MR) is 28.0 cm³/mol. The summed E-state index contributed by atoms with van der Waals surface area (Å²) < 4.78 is 11.8. The molecule has 0 saturated heterocycles. The maximum Gasteiger partial charge on any atom is 0.347 e. The molecule has 0 saturated carbocycles. The predicted octanol–water partition coefficient (Wildman–Crippen LogP) is 0.484. The van der Waals surface area contributed by atoms with Crippen molar-refractivity contribution in [2.45, 2.75) is 0 Å². The van der Waals surface area contributed by atoms with Gasteiger partial charge in [-0.3, -0.25) is 0 Å². The summed E-state index contributed by atoms with van der Waals surface area (Å²) in [6.07, 6.45) is 0. The van der Waals surface area contributed by atoms with Gasteiger partial charge in [0.1, 0.15) is 0 Å². The number of hydrogen-bond donors (Lipinski definition) is 0. The van der Waals surface area contributed by atoms with Crippen molar-refractivity contribution in [1.82, 2.24) is 10.0 Å². The fourth-order valence-electron chi connectivity index (χ4n) is 0.276. The summed E-state index contributed by atoms with van der Waals surface area (Å²) >= 11 is 0. The van der Waals surface area contributed by atoms with Crippen molar-refractivity contribution in [3.05, 3.63) is 0 Å². The van der Waals surface area contributed by atoms with Gasteiger partial charge < -0.3 is 4.90 Å². The van der Waals surface area contributed by atoms with E-state index in [4.69, 9.17) is 0 Å². The van der Waals surface area contributed by atoms with Crippen molar-refractivity contribution in [3.8, 4) is 0 Å². The second kappa shape index (κ2) is 2.49. The summed E-state index contributed by atoms with van der Waals surface area (Å²) in [5.41, 5.74) is 0. The molecule has 0 N–H and O–H groups in total. The molecule has 2 amide bonds. The topological polar surface area (TPSA) is 23.6 Å². The summed E-state index contributed by atoms with van der Waals surface area (Å²) in [7, 11) is 4.03. The summed E-state index contributed by atoms with van der Waals surface area (Å²) in [6, 6.07) is -0.648. The summed E-state index contributed by atoms with van der Waals surface area (Å²) in [5.74, 6) is 0. The van der Waals surface area contributed by atoms with Crippen LogP contribution in [-0.2, 0) is 0 Å². The van der Waals surface area contributed by atoms with Gasteiger partial charge in [-0.1, -0.05) is 4.48 Å². The van der Waals surface area contributed by atoms with Crippen LogP contribution in [0.1, 0.15) is 0 Å². The van der Waals surface area contributed by atoms with E-state index in [0.717, 1.165) is 11.9 Å². The fraction of sp³-hybridized carbons (Fsp3) is 0.750. The van der Waals surface area contributed by atoms with Crippen LogP contribution >= 0.6 is 0 Å². The van der Waals surface area contributed by atoms with Crippen LogP contribution in [0.3, 0.4) is 0 Å². The van der Waals surface area contributed by atoms with E-state index in [1.165, 1.54) is 14.1 Å². The van der Waals surface area contributed by atoms with Crippen LogP contribution in [0.2, 0.25) is 0 Å². The molecule has 48 valence electrons. The Labute approximate surface area is 47.6 Å². The Morgan fingerprint density at radius 3 is 1.75 bits per heavy atom. The van der Waals surface area contributed by atoms with E-state index in [1.807, 2.05) is 0 Å². The number of halogens is 1. The number of rotatable bonds is 0. The van der Waals surface area contributed by atoms with Gasteiger partial charge in [-0.2, -0.15) is 5.12 Å².